The summed E-state index contributed by atoms with van der Waals surface area (Å²) in [6.45, 7) is 4.50. The van der Waals surface area contributed by atoms with E-state index in [2.05, 4.69) is 22.9 Å². The molecular weight excluding hydrogens is 342 g/mol. The van der Waals surface area contributed by atoms with Crippen LogP contribution in [0.3, 0.4) is 0 Å². The van der Waals surface area contributed by atoms with Gasteiger partial charge in [0.25, 0.3) is 0 Å². The molecule has 1 fully saturated rings. The third-order valence-corrected chi connectivity index (χ3v) is 6.85. The lowest BCUT2D eigenvalue weighted by Crippen LogP contribution is -2.44. The van der Waals surface area contributed by atoms with Crippen molar-refractivity contribution in [2.45, 2.75) is 44.2 Å². The fourth-order valence-electron chi connectivity index (χ4n) is 2.71. The Labute approximate surface area is 129 Å². The third-order valence-electron chi connectivity index (χ3n) is 3.84. The number of benzene rings is 1. The molecule has 20 heavy (non-hydrogen) atoms. The topological polar surface area (TPSA) is 57.6 Å². The van der Waals surface area contributed by atoms with Crippen LogP contribution in [0, 0.1) is 5.92 Å². The molecule has 0 radical (unpaired) electrons. The minimum absolute atomic E-state index is 0.00781. The van der Waals surface area contributed by atoms with Crippen molar-refractivity contribution >= 4 is 26.0 Å². The molecule has 112 valence electrons. The molecular formula is C14H20BrNO3S. The molecule has 0 amide bonds. The van der Waals surface area contributed by atoms with Gasteiger partial charge in [-0.25, -0.2) is 8.42 Å². The molecule has 0 aromatic heterocycles. The highest BCUT2D eigenvalue weighted by molar-refractivity contribution is 9.10. The maximum Gasteiger partial charge on any atom is 0.244 e. The van der Waals surface area contributed by atoms with Crippen LogP contribution in [0.2, 0.25) is 0 Å². The predicted molar refractivity (Wildman–Crippen MR) is 81.8 cm³/mol. The standard InChI is InChI=1S/C14H20BrNO3S/c1-10-5-6-16(11(2)7-10)20(18,19)14-8-12(9-17)3-4-13(14)15/h3-4,8,10-11,17H,5-7,9H2,1-2H3. The average Bonchev–Trinajstić information content (AvgIpc) is 2.38. The second kappa shape index (κ2) is 6.13. The molecule has 0 aliphatic carbocycles. The lowest BCUT2D eigenvalue weighted by molar-refractivity contribution is 0.220. The maximum atomic E-state index is 12.8. The number of halogens is 1. The van der Waals surface area contributed by atoms with E-state index in [0.717, 1.165) is 12.8 Å². The molecule has 1 saturated heterocycles. The van der Waals surface area contributed by atoms with Crippen LogP contribution in [0.5, 0.6) is 0 Å². The SMILES string of the molecule is CC1CCN(S(=O)(=O)c2cc(CO)ccc2Br)C(C)C1. The number of hydrogen-bond acceptors (Lipinski definition) is 3. The number of piperidine rings is 1. The second-order valence-corrected chi connectivity index (χ2v) is 8.23. The summed E-state index contributed by atoms with van der Waals surface area (Å²) in [6, 6.07) is 4.94. The molecule has 1 aromatic carbocycles. The van der Waals surface area contributed by atoms with Crippen molar-refractivity contribution in [2.75, 3.05) is 6.54 Å². The van der Waals surface area contributed by atoms with Gasteiger partial charge in [0.2, 0.25) is 10.0 Å². The van der Waals surface area contributed by atoms with E-state index in [-0.39, 0.29) is 17.5 Å². The molecule has 2 rings (SSSR count). The largest absolute Gasteiger partial charge is 0.392 e. The van der Waals surface area contributed by atoms with Crippen molar-refractivity contribution in [2.24, 2.45) is 5.92 Å². The van der Waals surface area contributed by atoms with Crippen molar-refractivity contribution in [3.63, 3.8) is 0 Å². The highest BCUT2D eigenvalue weighted by Gasteiger charge is 2.34. The first-order valence-corrected chi connectivity index (χ1v) is 9.00. The highest BCUT2D eigenvalue weighted by Crippen LogP contribution is 2.32. The van der Waals surface area contributed by atoms with Crippen molar-refractivity contribution in [3.8, 4) is 0 Å². The fourth-order valence-corrected chi connectivity index (χ4v) is 5.35. The molecule has 0 saturated carbocycles. The Morgan fingerprint density at radius 2 is 2.10 bits per heavy atom. The first kappa shape index (κ1) is 15.9. The van der Waals surface area contributed by atoms with Crippen molar-refractivity contribution in [1.29, 1.82) is 0 Å². The molecule has 6 heteroatoms. The van der Waals surface area contributed by atoms with Gasteiger partial charge < -0.3 is 5.11 Å². The molecule has 1 aromatic rings. The Morgan fingerprint density at radius 3 is 2.70 bits per heavy atom. The van der Waals surface area contributed by atoms with Gasteiger partial charge in [-0.3, -0.25) is 0 Å². The van der Waals surface area contributed by atoms with Crippen LogP contribution in [0.25, 0.3) is 0 Å². The summed E-state index contributed by atoms with van der Waals surface area (Å²) in [5, 5.41) is 9.19. The summed E-state index contributed by atoms with van der Waals surface area (Å²) in [6.07, 6.45) is 1.78. The first-order chi connectivity index (χ1) is 9.36. The highest BCUT2D eigenvalue weighted by atomic mass is 79.9. The van der Waals surface area contributed by atoms with Crippen LogP contribution in [-0.2, 0) is 16.6 Å². The zero-order valence-corrected chi connectivity index (χ0v) is 14.1. The number of aliphatic hydroxyl groups excluding tert-OH is 1. The summed E-state index contributed by atoms with van der Waals surface area (Å²) in [4.78, 5) is 0.241. The van der Waals surface area contributed by atoms with Gasteiger partial charge in [-0.15, -0.1) is 0 Å². The lowest BCUT2D eigenvalue weighted by Gasteiger charge is -2.35. The molecule has 4 nitrogen and oxygen atoms in total. The van der Waals surface area contributed by atoms with E-state index in [9.17, 15) is 13.5 Å². The smallest absolute Gasteiger partial charge is 0.244 e. The van der Waals surface area contributed by atoms with Gasteiger partial charge in [-0.2, -0.15) is 4.31 Å². The van der Waals surface area contributed by atoms with E-state index in [4.69, 9.17) is 0 Å². The van der Waals surface area contributed by atoms with E-state index < -0.39 is 10.0 Å². The monoisotopic (exact) mass is 361 g/mol. The predicted octanol–water partition coefficient (Wildman–Crippen LogP) is 2.75. The van der Waals surface area contributed by atoms with E-state index in [1.807, 2.05) is 6.92 Å². The molecule has 2 atom stereocenters. The summed E-state index contributed by atoms with van der Waals surface area (Å²) >= 11 is 3.31. The Hall–Kier alpha value is -0.430. The van der Waals surface area contributed by atoms with Crippen molar-refractivity contribution in [3.05, 3.63) is 28.2 Å². The number of rotatable bonds is 3. The number of hydrogen-bond donors (Lipinski definition) is 1. The summed E-state index contributed by atoms with van der Waals surface area (Å²) < 4.78 is 27.7. The number of nitrogens with zero attached hydrogens (tertiary/aromatic N) is 1. The Morgan fingerprint density at radius 1 is 1.40 bits per heavy atom. The maximum absolute atomic E-state index is 12.8. The van der Waals surface area contributed by atoms with Gasteiger partial charge in [-0.1, -0.05) is 13.0 Å². The van der Waals surface area contributed by atoms with Crippen LogP contribution < -0.4 is 0 Å². The molecule has 1 aliphatic heterocycles. The fraction of sp³-hybridized carbons (Fsp3) is 0.571. The van der Waals surface area contributed by atoms with Crippen LogP contribution in [0.15, 0.2) is 27.6 Å². The van der Waals surface area contributed by atoms with Gasteiger partial charge in [0.15, 0.2) is 0 Å². The Kier molecular flexibility index (Phi) is 4.89. The number of aliphatic hydroxyl groups is 1. The minimum Gasteiger partial charge on any atom is -0.392 e. The Balaban J connectivity index is 2.40. The summed E-state index contributed by atoms with van der Waals surface area (Å²) in [7, 11) is -3.52. The van der Waals surface area contributed by atoms with Crippen molar-refractivity contribution < 1.29 is 13.5 Å². The van der Waals surface area contributed by atoms with Crippen LogP contribution in [0.4, 0.5) is 0 Å². The minimum atomic E-state index is -3.52. The lowest BCUT2D eigenvalue weighted by atomic mass is 9.95. The molecule has 2 unspecified atom stereocenters. The summed E-state index contributed by atoms with van der Waals surface area (Å²) in [5.41, 5.74) is 0.602. The molecule has 1 N–H and O–H groups in total. The van der Waals surface area contributed by atoms with Crippen LogP contribution >= 0.6 is 15.9 Å². The second-order valence-electron chi connectivity index (χ2n) is 5.52. The summed E-state index contributed by atoms with van der Waals surface area (Å²) in [5.74, 6) is 0.559. The van der Waals surface area contributed by atoms with Crippen LogP contribution in [0.1, 0.15) is 32.3 Å². The zero-order chi connectivity index (χ0) is 14.9. The quantitative estimate of drug-likeness (QED) is 0.900. The van der Waals surface area contributed by atoms with Gasteiger partial charge >= 0.3 is 0 Å². The molecule has 0 spiro atoms. The van der Waals surface area contributed by atoms with Crippen LogP contribution in [-0.4, -0.2) is 30.4 Å². The first-order valence-electron chi connectivity index (χ1n) is 6.77. The van der Waals surface area contributed by atoms with Gasteiger partial charge in [-0.05, 0) is 59.3 Å². The van der Waals surface area contributed by atoms with E-state index >= 15 is 0 Å². The number of sulfonamides is 1. The van der Waals surface area contributed by atoms with Gasteiger partial charge in [0.05, 0.1) is 11.5 Å². The van der Waals surface area contributed by atoms with Gasteiger partial charge in [0.1, 0.15) is 0 Å². The van der Waals surface area contributed by atoms with E-state index in [1.165, 1.54) is 0 Å². The van der Waals surface area contributed by atoms with Crippen molar-refractivity contribution in [1.82, 2.24) is 4.31 Å². The molecule has 0 bridgehead atoms. The average molecular weight is 362 g/mol. The third kappa shape index (κ3) is 3.08. The zero-order valence-electron chi connectivity index (χ0n) is 11.7. The van der Waals surface area contributed by atoms with E-state index in [0.29, 0.717) is 22.5 Å². The van der Waals surface area contributed by atoms with E-state index in [1.54, 1.807) is 22.5 Å². The Bertz CT molecular complexity index is 588. The molecule has 1 aliphatic rings. The normalized spacial score (nSPS) is 24.8. The van der Waals surface area contributed by atoms with Gasteiger partial charge in [0, 0.05) is 17.1 Å². The molecule has 1 heterocycles.